The van der Waals surface area contributed by atoms with Gasteiger partial charge < -0.3 is 4.98 Å². The van der Waals surface area contributed by atoms with Gasteiger partial charge in [-0.3, -0.25) is 9.63 Å². The van der Waals surface area contributed by atoms with Crippen LogP contribution in [0.4, 0.5) is 13.2 Å². The molecule has 11 heteroatoms. The van der Waals surface area contributed by atoms with Crippen molar-refractivity contribution in [3.63, 3.8) is 0 Å². The number of alkyl halides is 3. The van der Waals surface area contributed by atoms with Gasteiger partial charge in [-0.2, -0.15) is 28.0 Å². The van der Waals surface area contributed by atoms with Gasteiger partial charge in [0.25, 0.3) is 5.56 Å². The average Bonchev–Trinajstić information content (AvgIpc) is 2.64. The Hall–Kier alpha value is -2.95. The lowest BCUT2D eigenvalue weighted by molar-refractivity contribution is -0.137. The predicted molar refractivity (Wildman–Crippen MR) is 99.5 cm³/mol. The van der Waals surface area contributed by atoms with Gasteiger partial charge in [-0.15, -0.1) is 0 Å². The summed E-state index contributed by atoms with van der Waals surface area (Å²) in [6.07, 6.45) is -1.64. The van der Waals surface area contributed by atoms with Crippen LogP contribution in [-0.4, -0.2) is 31.5 Å². The molecule has 2 heterocycles. The number of fused-ring (bicyclic) bond motifs is 1. The molecule has 1 aromatic carbocycles. The van der Waals surface area contributed by atoms with E-state index in [9.17, 15) is 22.8 Å². The van der Waals surface area contributed by atoms with E-state index in [1.165, 1.54) is 18.3 Å². The molecule has 3 rings (SSSR count). The Kier molecular flexibility index (Phi) is 4.87. The van der Waals surface area contributed by atoms with E-state index in [2.05, 4.69) is 20.0 Å². The third-order valence-corrected chi connectivity index (χ3v) is 4.96. The van der Waals surface area contributed by atoms with Crippen molar-refractivity contribution < 1.29 is 13.2 Å². The number of rotatable bonds is 3. The van der Waals surface area contributed by atoms with Crippen LogP contribution in [0.3, 0.4) is 0 Å². The van der Waals surface area contributed by atoms with E-state index in [0.29, 0.717) is 0 Å². The number of H-pyrrole nitrogens is 1. The molecule has 27 heavy (non-hydrogen) atoms. The van der Waals surface area contributed by atoms with Gasteiger partial charge in [-0.25, -0.2) is 4.79 Å². The third kappa shape index (κ3) is 3.63. The van der Waals surface area contributed by atoms with E-state index in [4.69, 9.17) is 0 Å². The van der Waals surface area contributed by atoms with Crippen molar-refractivity contribution in [3.05, 3.63) is 56.9 Å². The molecule has 3 aromatic rings. The summed E-state index contributed by atoms with van der Waals surface area (Å²) >= 11 is 0. The normalized spacial score (nSPS) is 13.1. The minimum atomic E-state index is -4.71. The van der Waals surface area contributed by atoms with Gasteiger partial charge in [0.2, 0.25) is 0 Å². The molecule has 0 radical (unpaired) electrons. The third-order valence-electron chi connectivity index (χ3n) is 3.78. The lowest BCUT2D eigenvalue weighted by Crippen LogP contribution is -2.39. The zero-order chi connectivity index (χ0) is 19.8. The van der Waals surface area contributed by atoms with Gasteiger partial charge in [-0.1, -0.05) is 10.7 Å². The van der Waals surface area contributed by atoms with E-state index in [-0.39, 0.29) is 22.2 Å². The van der Waals surface area contributed by atoms with Crippen molar-refractivity contribution >= 4 is 26.9 Å². The Morgan fingerprint density at radius 1 is 1.30 bits per heavy atom. The topological polar surface area (TPSA) is 92.7 Å². The largest absolute Gasteiger partial charge is 0.417 e. The van der Waals surface area contributed by atoms with Crippen LogP contribution in [-0.2, 0) is 6.18 Å². The number of aromatic amines is 1. The molecule has 1 unspecified atom stereocenters. The number of hydrogen-bond donors (Lipinski definition) is 2. The fourth-order valence-corrected chi connectivity index (χ4v) is 2.99. The Balaban J connectivity index is 2.37. The standard InChI is InChI=1S/C16H14F3N5O2S/c1-3-27(2)23-24-14(25)10-7-9(12-5-4-6-20-22-12)11(16(17,18)19)8-13(10)21-15(24)26/h3-8,23H,1-2H3,(H,21,26). The van der Waals surface area contributed by atoms with Crippen LogP contribution < -0.4 is 16.1 Å². The van der Waals surface area contributed by atoms with Crippen molar-refractivity contribution in [2.24, 2.45) is 0 Å². The van der Waals surface area contributed by atoms with E-state index in [1.807, 2.05) is 0 Å². The summed E-state index contributed by atoms with van der Waals surface area (Å²) in [7, 11) is -0.586. The number of hydrogen-bond acceptors (Lipinski definition) is 5. The highest BCUT2D eigenvalue weighted by Gasteiger charge is 2.35. The fourth-order valence-electron chi connectivity index (χ4n) is 2.44. The van der Waals surface area contributed by atoms with Gasteiger partial charge in [0.1, 0.15) is 0 Å². The summed E-state index contributed by atoms with van der Waals surface area (Å²) in [5.74, 6) is 0. The maximum absolute atomic E-state index is 13.5. The molecule has 0 aliphatic heterocycles. The van der Waals surface area contributed by atoms with E-state index in [1.54, 1.807) is 18.5 Å². The summed E-state index contributed by atoms with van der Waals surface area (Å²) < 4.78 is 41.3. The molecule has 2 N–H and O–H groups in total. The van der Waals surface area contributed by atoms with Crippen molar-refractivity contribution in [3.8, 4) is 11.3 Å². The van der Waals surface area contributed by atoms with E-state index < -0.39 is 33.7 Å². The van der Waals surface area contributed by atoms with E-state index >= 15 is 0 Å². The maximum atomic E-state index is 13.5. The highest BCUT2D eigenvalue weighted by atomic mass is 32.2. The monoisotopic (exact) mass is 397 g/mol. The summed E-state index contributed by atoms with van der Waals surface area (Å²) in [4.78, 5) is 29.9. The molecule has 0 saturated heterocycles. The Morgan fingerprint density at radius 3 is 2.63 bits per heavy atom. The Bertz CT molecular complexity index is 1150. The lowest BCUT2D eigenvalue weighted by Gasteiger charge is -2.15. The van der Waals surface area contributed by atoms with E-state index in [0.717, 1.165) is 16.8 Å². The summed E-state index contributed by atoms with van der Waals surface area (Å²) in [5.41, 5.74) is -3.17. The second kappa shape index (κ2) is 6.99. The predicted octanol–water partition coefficient (Wildman–Crippen LogP) is 2.34. The first-order valence-corrected chi connectivity index (χ1v) is 9.31. The van der Waals surface area contributed by atoms with Gasteiger partial charge in [0, 0.05) is 11.8 Å². The molecule has 2 aromatic heterocycles. The summed E-state index contributed by atoms with van der Waals surface area (Å²) in [6, 6.07) is 4.62. The molecule has 0 aliphatic rings. The second-order valence-corrected chi connectivity index (χ2v) is 7.27. The first kappa shape index (κ1) is 18.8. The smallest absolute Gasteiger partial charge is 0.305 e. The molecule has 1 atom stereocenters. The minimum absolute atomic E-state index is 0.0334. The number of nitrogens with zero attached hydrogens (tertiary/aromatic N) is 3. The van der Waals surface area contributed by atoms with Gasteiger partial charge in [0.05, 0.1) is 22.2 Å². The first-order valence-electron chi connectivity index (χ1n) is 7.61. The zero-order valence-corrected chi connectivity index (χ0v) is 15.0. The molecule has 0 bridgehead atoms. The summed E-state index contributed by atoms with van der Waals surface area (Å²) in [6.45, 7) is 1.75. The molecule has 0 amide bonds. The van der Waals surface area contributed by atoms with Gasteiger partial charge in [-0.05, 0) is 42.8 Å². The van der Waals surface area contributed by atoms with Crippen LogP contribution in [0.2, 0.25) is 0 Å². The quantitative estimate of drug-likeness (QED) is 0.662. The molecule has 0 fully saturated rings. The Labute approximate surface area is 152 Å². The van der Waals surface area contributed by atoms with Crippen molar-refractivity contribution in [1.82, 2.24) is 19.9 Å². The second-order valence-electron chi connectivity index (χ2n) is 5.51. The Morgan fingerprint density at radius 2 is 2.04 bits per heavy atom. The van der Waals surface area contributed by atoms with Crippen LogP contribution in [0.1, 0.15) is 12.5 Å². The fraction of sp³-hybridized carbons (Fsp3) is 0.188. The highest BCUT2D eigenvalue weighted by Crippen LogP contribution is 2.37. The van der Waals surface area contributed by atoms with Crippen LogP contribution in [0.15, 0.2) is 40.1 Å². The number of halogens is 3. The number of nitrogens with one attached hydrogen (secondary N) is 2. The van der Waals surface area contributed by atoms with Crippen LogP contribution in [0.25, 0.3) is 22.2 Å². The molecule has 7 nitrogen and oxygen atoms in total. The zero-order valence-electron chi connectivity index (χ0n) is 14.2. The van der Waals surface area contributed by atoms with Crippen LogP contribution >= 0.6 is 10.7 Å². The molecule has 0 saturated carbocycles. The average molecular weight is 397 g/mol. The van der Waals surface area contributed by atoms with Crippen molar-refractivity contribution in [2.45, 2.75) is 13.1 Å². The molecule has 142 valence electrons. The number of benzene rings is 1. The van der Waals surface area contributed by atoms with Crippen LogP contribution in [0, 0.1) is 0 Å². The SMILES string of the molecule is C/C=S(/C)Nn1c(=O)[nH]c2cc(C(F)(F)F)c(-c3cccnn3)cc2c1=O. The van der Waals surface area contributed by atoms with Crippen molar-refractivity contribution in [1.29, 1.82) is 0 Å². The highest BCUT2D eigenvalue weighted by molar-refractivity contribution is 8.15. The van der Waals surface area contributed by atoms with Gasteiger partial charge in [0.15, 0.2) is 0 Å². The van der Waals surface area contributed by atoms with Crippen LogP contribution in [0.5, 0.6) is 0 Å². The minimum Gasteiger partial charge on any atom is -0.305 e. The molecule has 0 spiro atoms. The molecular formula is C16H14F3N5O2S. The molecular weight excluding hydrogens is 383 g/mol. The number of aromatic nitrogens is 4. The first-order chi connectivity index (χ1) is 12.7. The molecule has 0 aliphatic carbocycles. The maximum Gasteiger partial charge on any atom is 0.417 e. The van der Waals surface area contributed by atoms with Crippen molar-refractivity contribution in [2.75, 3.05) is 11.1 Å². The summed E-state index contributed by atoms with van der Waals surface area (Å²) in [5, 5.41) is 8.97. The van der Waals surface area contributed by atoms with Gasteiger partial charge >= 0.3 is 11.9 Å². The lowest BCUT2D eigenvalue weighted by atomic mass is 10.0.